The van der Waals surface area contributed by atoms with Crippen LogP contribution in [0.4, 0.5) is 13.2 Å². The van der Waals surface area contributed by atoms with Crippen molar-refractivity contribution in [1.29, 1.82) is 0 Å². The summed E-state index contributed by atoms with van der Waals surface area (Å²) in [7, 11) is 0. The topological polar surface area (TPSA) is 9.23 Å². The van der Waals surface area contributed by atoms with Gasteiger partial charge in [-0.2, -0.15) is 13.2 Å². The van der Waals surface area contributed by atoms with Crippen LogP contribution in [-0.2, 0) is 12.8 Å². The Bertz CT molecular complexity index is 567. The summed E-state index contributed by atoms with van der Waals surface area (Å²) >= 11 is 3.32. The predicted molar refractivity (Wildman–Crippen MR) is 69.9 cm³/mol. The Kier molecular flexibility index (Phi) is 4.14. The van der Waals surface area contributed by atoms with E-state index in [0.29, 0.717) is 0 Å². The molecule has 2 rings (SSSR count). The molecule has 100 valence electrons. The van der Waals surface area contributed by atoms with Crippen LogP contribution in [0.2, 0.25) is 0 Å². The summed E-state index contributed by atoms with van der Waals surface area (Å²) in [6.45, 7) is 0.223. The molecule has 0 aliphatic rings. The van der Waals surface area contributed by atoms with Gasteiger partial charge in [-0.05, 0) is 35.9 Å². The quantitative estimate of drug-likeness (QED) is 0.765. The van der Waals surface area contributed by atoms with Crippen LogP contribution in [0.5, 0.6) is 5.75 Å². The van der Waals surface area contributed by atoms with E-state index in [9.17, 15) is 13.2 Å². The van der Waals surface area contributed by atoms with Crippen molar-refractivity contribution in [2.45, 2.75) is 12.8 Å². The highest BCUT2D eigenvalue weighted by Crippen LogP contribution is 2.31. The second-order valence-electron chi connectivity index (χ2n) is 3.94. The van der Waals surface area contributed by atoms with Crippen LogP contribution >= 0.6 is 15.9 Å². The average Bonchev–Trinajstić information content (AvgIpc) is 2.36. The molecule has 0 radical (unpaired) electrons. The molecule has 0 spiro atoms. The fourth-order valence-corrected chi connectivity index (χ4v) is 2.00. The highest BCUT2D eigenvalue weighted by Gasteiger charge is 2.30. The molecular formula is C14H10BrF3O. The van der Waals surface area contributed by atoms with Crippen LogP contribution < -0.4 is 4.74 Å². The Morgan fingerprint density at radius 2 is 1.74 bits per heavy atom. The standard InChI is InChI=1S/C14H10BrF3O/c15-12-5-1-3-10(7-12)9-19-13-6-2-4-11(8-13)14(16,17)18/h1-8H,9H2. The number of hydrogen-bond donors (Lipinski definition) is 0. The minimum atomic E-state index is -4.35. The molecule has 0 bridgehead atoms. The molecular weight excluding hydrogens is 321 g/mol. The van der Waals surface area contributed by atoms with Gasteiger partial charge in [0.1, 0.15) is 12.4 Å². The third kappa shape index (κ3) is 3.99. The van der Waals surface area contributed by atoms with Crippen molar-refractivity contribution in [2.75, 3.05) is 0 Å². The van der Waals surface area contributed by atoms with Crippen molar-refractivity contribution in [3.05, 3.63) is 64.1 Å². The number of halogens is 4. The summed E-state index contributed by atoms with van der Waals surface area (Å²) in [5.74, 6) is 0.204. The smallest absolute Gasteiger partial charge is 0.416 e. The fourth-order valence-electron chi connectivity index (χ4n) is 1.56. The van der Waals surface area contributed by atoms with E-state index in [2.05, 4.69) is 15.9 Å². The average molecular weight is 331 g/mol. The lowest BCUT2D eigenvalue weighted by molar-refractivity contribution is -0.137. The highest BCUT2D eigenvalue weighted by molar-refractivity contribution is 9.10. The van der Waals surface area contributed by atoms with Gasteiger partial charge in [-0.1, -0.05) is 34.1 Å². The van der Waals surface area contributed by atoms with Gasteiger partial charge in [0.05, 0.1) is 5.56 Å². The summed E-state index contributed by atoms with van der Waals surface area (Å²) in [4.78, 5) is 0. The van der Waals surface area contributed by atoms with E-state index in [1.165, 1.54) is 12.1 Å². The second-order valence-corrected chi connectivity index (χ2v) is 4.86. The van der Waals surface area contributed by atoms with Crippen molar-refractivity contribution in [3.63, 3.8) is 0 Å². The van der Waals surface area contributed by atoms with E-state index >= 15 is 0 Å². The Balaban J connectivity index is 2.08. The van der Waals surface area contributed by atoms with Crippen molar-refractivity contribution in [2.24, 2.45) is 0 Å². The van der Waals surface area contributed by atoms with E-state index in [1.54, 1.807) is 0 Å². The minimum absolute atomic E-state index is 0.204. The molecule has 0 aromatic heterocycles. The maximum Gasteiger partial charge on any atom is 0.416 e. The summed E-state index contributed by atoms with van der Waals surface area (Å²) in [6.07, 6.45) is -4.35. The summed E-state index contributed by atoms with van der Waals surface area (Å²) in [5.41, 5.74) is 0.172. The number of ether oxygens (including phenoxy) is 1. The van der Waals surface area contributed by atoms with E-state index < -0.39 is 11.7 Å². The largest absolute Gasteiger partial charge is 0.489 e. The summed E-state index contributed by atoms with van der Waals surface area (Å²) in [5, 5.41) is 0. The van der Waals surface area contributed by atoms with Crippen molar-refractivity contribution < 1.29 is 17.9 Å². The Labute approximate surface area is 117 Å². The zero-order chi connectivity index (χ0) is 13.9. The van der Waals surface area contributed by atoms with Crippen LogP contribution in [-0.4, -0.2) is 0 Å². The van der Waals surface area contributed by atoms with Gasteiger partial charge in [0.25, 0.3) is 0 Å². The number of hydrogen-bond acceptors (Lipinski definition) is 1. The second kappa shape index (κ2) is 5.65. The Hall–Kier alpha value is -1.49. The first-order valence-corrected chi connectivity index (χ1v) is 6.29. The summed E-state index contributed by atoms with van der Waals surface area (Å²) < 4.78 is 43.8. The lowest BCUT2D eigenvalue weighted by Crippen LogP contribution is -2.05. The van der Waals surface area contributed by atoms with Crippen molar-refractivity contribution in [3.8, 4) is 5.75 Å². The molecule has 0 amide bonds. The highest BCUT2D eigenvalue weighted by atomic mass is 79.9. The summed E-state index contributed by atoms with van der Waals surface area (Å²) in [6, 6.07) is 12.3. The molecule has 2 aromatic carbocycles. The zero-order valence-corrected chi connectivity index (χ0v) is 11.3. The first kappa shape index (κ1) is 13.9. The van der Waals surface area contributed by atoms with Gasteiger partial charge in [-0.15, -0.1) is 0 Å². The molecule has 0 heterocycles. The maximum atomic E-state index is 12.5. The first-order valence-electron chi connectivity index (χ1n) is 5.50. The molecule has 0 unspecified atom stereocenters. The Morgan fingerprint density at radius 3 is 2.42 bits per heavy atom. The Morgan fingerprint density at radius 1 is 1.00 bits per heavy atom. The van der Waals surface area contributed by atoms with Crippen LogP contribution in [0.25, 0.3) is 0 Å². The van der Waals surface area contributed by atoms with Gasteiger partial charge < -0.3 is 4.74 Å². The molecule has 0 fully saturated rings. The van der Waals surface area contributed by atoms with E-state index in [0.717, 1.165) is 22.2 Å². The van der Waals surface area contributed by atoms with Crippen LogP contribution in [0.1, 0.15) is 11.1 Å². The molecule has 0 saturated carbocycles. The molecule has 0 aliphatic heterocycles. The predicted octanol–water partition coefficient (Wildman–Crippen LogP) is 5.05. The third-order valence-corrected chi connectivity index (χ3v) is 2.95. The molecule has 2 aromatic rings. The van der Waals surface area contributed by atoms with Crippen molar-refractivity contribution >= 4 is 15.9 Å². The normalized spacial score (nSPS) is 11.4. The SMILES string of the molecule is FC(F)(F)c1cccc(OCc2cccc(Br)c2)c1. The van der Waals surface area contributed by atoms with Gasteiger partial charge in [0.15, 0.2) is 0 Å². The maximum absolute atomic E-state index is 12.5. The molecule has 0 saturated heterocycles. The molecule has 0 aliphatic carbocycles. The van der Waals surface area contributed by atoms with E-state index in [-0.39, 0.29) is 12.4 Å². The third-order valence-electron chi connectivity index (χ3n) is 2.46. The van der Waals surface area contributed by atoms with Gasteiger partial charge in [0, 0.05) is 4.47 Å². The first-order chi connectivity index (χ1) is 8.95. The molecule has 0 atom stereocenters. The van der Waals surface area contributed by atoms with Crippen LogP contribution in [0, 0.1) is 0 Å². The lowest BCUT2D eigenvalue weighted by Gasteiger charge is -2.10. The van der Waals surface area contributed by atoms with Crippen molar-refractivity contribution in [1.82, 2.24) is 0 Å². The molecule has 5 heteroatoms. The monoisotopic (exact) mass is 330 g/mol. The fraction of sp³-hybridized carbons (Fsp3) is 0.143. The van der Waals surface area contributed by atoms with Crippen LogP contribution in [0.3, 0.4) is 0 Å². The van der Waals surface area contributed by atoms with Gasteiger partial charge in [-0.25, -0.2) is 0 Å². The molecule has 0 N–H and O–H groups in total. The lowest BCUT2D eigenvalue weighted by atomic mass is 10.2. The number of rotatable bonds is 3. The van der Waals surface area contributed by atoms with Crippen LogP contribution in [0.15, 0.2) is 53.0 Å². The van der Waals surface area contributed by atoms with E-state index in [1.807, 2.05) is 24.3 Å². The minimum Gasteiger partial charge on any atom is -0.489 e. The van der Waals surface area contributed by atoms with Gasteiger partial charge >= 0.3 is 6.18 Å². The van der Waals surface area contributed by atoms with Gasteiger partial charge in [0.2, 0.25) is 0 Å². The number of alkyl halides is 3. The van der Waals surface area contributed by atoms with Gasteiger partial charge in [-0.3, -0.25) is 0 Å². The molecule has 19 heavy (non-hydrogen) atoms. The number of benzene rings is 2. The zero-order valence-electron chi connectivity index (χ0n) is 9.75. The molecule has 1 nitrogen and oxygen atoms in total. The van der Waals surface area contributed by atoms with E-state index in [4.69, 9.17) is 4.74 Å².